The monoisotopic (exact) mass is 279 g/mol. The standard InChI is InChI=1S/C11H13N5O2S/c1-17-9-2-8(13-5-14-9)10-15-11(18-16-10)6-3-19-4-7(6)12/h2,5-7H,3-4,12H2,1H3. The highest BCUT2D eigenvalue weighted by atomic mass is 32.2. The molecule has 0 saturated carbocycles. The van der Waals surface area contributed by atoms with Crippen LogP contribution in [0.4, 0.5) is 0 Å². The second-order valence-electron chi connectivity index (χ2n) is 4.21. The summed E-state index contributed by atoms with van der Waals surface area (Å²) in [4.78, 5) is 12.4. The van der Waals surface area contributed by atoms with Crippen LogP contribution in [0.25, 0.3) is 11.5 Å². The normalized spacial score (nSPS) is 22.6. The van der Waals surface area contributed by atoms with Gasteiger partial charge < -0.3 is 15.0 Å². The smallest absolute Gasteiger partial charge is 0.232 e. The average Bonchev–Trinajstić information content (AvgIpc) is 3.07. The lowest BCUT2D eigenvalue weighted by Crippen LogP contribution is -2.26. The fourth-order valence-corrected chi connectivity index (χ4v) is 3.17. The van der Waals surface area contributed by atoms with Gasteiger partial charge in [-0.2, -0.15) is 16.7 Å². The molecule has 8 heteroatoms. The molecule has 0 aliphatic carbocycles. The Morgan fingerprint density at radius 2 is 2.32 bits per heavy atom. The summed E-state index contributed by atoms with van der Waals surface area (Å²) in [6.45, 7) is 0. The Labute approximate surface area is 114 Å². The topological polar surface area (TPSA) is 100.0 Å². The van der Waals surface area contributed by atoms with Crippen molar-refractivity contribution < 1.29 is 9.26 Å². The largest absolute Gasteiger partial charge is 0.481 e. The van der Waals surface area contributed by atoms with Gasteiger partial charge in [-0.3, -0.25) is 0 Å². The molecule has 1 fully saturated rings. The van der Waals surface area contributed by atoms with Crippen LogP contribution in [0.5, 0.6) is 5.88 Å². The molecule has 1 aliphatic rings. The second-order valence-corrected chi connectivity index (χ2v) is 5.28. The van der Waals surface area contributed by atoms with E-state index in [0.717, 1.165) is 11.5 Å². The van der Waals surface area contributed by atoms with Crippen LogP contribution in [-0.2, 0) is 0 Å². The van der Waals surface area contributed by atoms with Crippen LogP contribution in [0.1, 0.15) is 11.8 Å². The van der Waals surface area contributed by atoms with Gasteiger partial charge in [0.2, 0.25) is 17.6 Å². The molecule has 0 amide bonds. The van der Waals surface area contributed by atoms with E-state index in [2.05, 4.69) is 20.1 Å². The highest BCUT2D eigenvalue weighted by molar-refractivity contribution is 7.99. The summed E-state index contributed by atoms with van der Waals surface area (Å²) >= 11 is 1.80. The van der Waals surface area contributed by atoms with Gasteiger partial charge in [-0.05, 0) is 0 Å². The maximum absolute atomic E-state index is 6.01. The molecule has 19 heavy (non-hydrogen) atoms. The third-order valence-electron chi connectivity index (χ3n) is 2.96. The highest BCUT2D eigenvalue weighted by Crippen LogP contribution is 2.31. The summed E-state index contributed by atoms with van der Waals surface area (Å²) < 4.78 is 10.3. The molecule has 2 N–H and O–H groups in total. The quantitative estimate of drug-likeness (QED) is 0.876. The summed E-state index contributed by atoms with van der Waals surface area (Å²) in [5.74, 6) is 3.42. The van der Waals surface area contributed by atoms with E-state index in [1.165, 1.54) is 6.33 Å². The molecule has 2 aromatic rings. The van der Waals surface area contributed by atoms with Crippen molar-refractivity contribution in [2.45, 2.75) is 12.0 Å². The van der Waals surface area contributed by atoms with Crippen LogP contribution in [0, 0.1) is 0 Å². The van der Waals surface area contributed by atoms with Gasteiger partial charge in [0.1, 0.15) is 12.0 Å². The third kappa shape index (κ3) is 2.41. The Morgan fingerprint density at radius 1 is 1.42 bits per heavy atom. The van der Waals surface area contributed by atoms with Gasteiger partial charge in [-0.25, -0.2) is 9.97 Å². The number of rotatable bonds is 3. The lowest BCUT2D eigenvalue weighted by molar-refractivity contribution is 0.352. The number of nitrogens with zero attached hydrogens (tertiary/aromatic N) is 4. The highest BCUT2D eigenvalue weighted by Gasteiger charge is 2.31. The van der Waals surface area contributed by atoms with E-state index >= 15 is 0 Å². The zero-order valence-electron chi connectivity index (χ0n) is 10.3. The Balaban J connectivity index is 1.88. The molecular formula is C11H13N5O2S. The molecular weight excluding hydrogens is 266 g/mol. The first kappa shape index (κ1) is 12.4. The molecule has 2 atom stereocenters. The first-order valence-electron chi connectivity index (χ1n) is 5.81. The van der Waals surface area contributed by atoms with Gasteiger partial charge in [0.05, 0.1) is 13.0 Å². The summed E-state index contributed by atoms with van der Waals surface area (Å²) in [5.41, 5.74) is 6.58. The SMILES string of the molecule is COc1cc(-c2noc(C3CSCC3N)n2)ncn1. The van der Waals surface area contributed by atoms with Crippen LogP contribution in [-0.4, -0.2) is 44.8 Å². The van der Waals surface area contributed by atoms with Gasteiger partial charge in [-0.1, -0.05) is 5.16 Å². The predicted octanol–water partition coefficient (Wildman–Crippen LogP) is 0.693. The number of thioether (sulfide) groups is 1. The Bertz CT molecular complexity index is 576. The number of ether oxygens (including phenoxy) is 1. The molecule has 0 radical (unpaired) electrons. The van der Waals surface area contributed by atoms with Crippen molar-refractivity contribution in [3.8, 4) is 17.4 Å². The summed E-state index contributed by atoms with van der Waals surface area (Å²) in [5, 5.41) is 3.94. The van der Waals surface area contributed by atoms with Crippen molar-refractivity contribution in [2.75, 3.05) is 18.6 Å². The van der Waals surface area contributed by atoms with Gasteiger partial charge >= 0.3 is 0 Å². The first-order chi connectivity index (χ1) is 9.28. The molecule has 0 aromatic carbocycles. The number of hydrogen-bond donors (Lipinski definition) is 1. The van der Waals surface area contributed by atoms with E-state index in [1.54, 1.807) is 24.9 Å². The Morgan fingerprint density at radius 3 is 3.05 bits per heavy atom. The fraction of sp³-hybridized carbons (Fsp3) is 0.455. The van der Waals surface area contributed by atoms with Crippen LogP contribution in [0.15, 0.2) is 16.9 Å². The van der Waals surface area contributed by atoms with E-state index in [-0.39, 0.29) is 12.0 Å². The van der Waals surface area contributed by atoms with E-state index in [0.29, 0.717) is 23.3 Å². The van der Waals surface area contributed by atoms with E-state index in [9.17, 15) is 0 Å². The molecule has 1 aliphatic heterocycles. The van der Waals surface area contributed by atoms with Gasteiger partial charge in [-0.15, -0.1) is 0 Å². The molecule has 100 valence electrons. The van der Waals surface area contributed by atoms with Crippen molar-refractivity contribution in [2.24, 2.45) is 5.73 Å². The summed E-state index contributed by atoms with van der Waals surface area (Å²) in [7, 11) is 1.54. The first-order valence-corrected chi connectivity index (χ1v) is 6.96. The zero-order valence-corrected chi connectivity index (χ0v) is 11.1. The summed E-state index contributed by atoms with van der Waals surface area (Å²) in [6, 6.07) is 1.73. The molecule has 3 rings (SSSR count). The number of aromatic nitrogens is 4. The molecule has 3 heterocycles. The van der Waals surface area contributed by atoms with Crippen molar-refractivity contribution in [1.29, 1.82) is 0 Å². The third-order valence-corrected chi connectivity index (χ3v) is 4.18. The molecule has 2 unspecified atom stereocenters. The van der Waals surface area contributed by atoms with Gasteiger partial charge in [0.15, 0.2) is 0 Å². The van der Waals surface area contributed by atoms with Crippen molar-refractivity contribution in [1.82, 2.24) is 20.1 Å². The Hall–Kier alpha value is -1.67. The number of methoxy groups -OCH3 is 1. The van der Waals surface area contributed by atoms with Crippen LogP contribution >= 0.6 is 11.8 Å². The van der Waals surface area contributed by atoms with E-state index < -0.39 is 0 Å². The molecule has 0 bridgehead atoms. The van der Waals surface area contributed by atoms with Crippen LogP contribution in [0.2, 0.25) is 0 Å². The second kappa shape index (κ2) is 5.14. The number of nitrogens with two attached hydrogens (primary N) is 1. The summed E-state index contributed by atoms with van der Waals surface area (Å²) in [6.07, 6.45) is 1.40. The maximum atomic E-state index is 6.01. The molecule has 0 spiro atoms. The van der Waals surface area contributed by atoms with Crippen LogP contribution in [0.3, 0.4) is 0 Å². The van der Waals surface area contributed by atoms with E-state index in [1.807, 2.05) is 0 Å². The average molecular weight is 279 g/mol. The zero-order chi connectivity index (χ0) is 13.2. The minimum Gasteiger partial charge on any atom is -0.481 e. The van der Waals surface area contributed by atoms with Crippen molar-refractivity contribution >= 4 is 11.8 Å². The lowest BCUT2D eigenvalue weighted by Gasteiger charge is -2.07. The van der Waals surface area contributed by atoms with Crippen molar-refractivity contribution in [3.05, 3.63) is 18.3 Å². The lowest BCUT2D eigenvalue weighted by atomic mass is 10.1. The fourth-order valence-electron chi connectivity index (χ4n) is 1.89. The molecule has 2 aromatic heterocycles. The van der Waals surface area contributed by atoms with Gasteiger partial charge in [0.25, 0.3) is 0 Å². The van der Waals surface area contributed by atoms with Crippen molar-refractivity contribution in [3.63, 3.8) is 0 Å². The molecule has 7 nitrogen and oxygen atoms in total. The van der Waals surface area contributed by atoms with Gasteiger partial charge in [0, 0.05) is 23.6 Å². The predicted molar refractivity (Wildman–Crippen MR) is 69.9 cm³/mol. The van der Waals surface area contributed by atoms with E-state index in [4.69, 9.17) is 15.0 Å². The minimum atomic E-state index is 0.0678. The number of hydrogen-bond acceptors (Lipinski definition) is 8. The van der Waals surface area contributed by atoms with Crippen LogP contribution < -0.4 is 10.5 Å². The minimum absolute atomic E-state index is 0.0678. The Kier molecular flexibility index (Phi) is 3.34. The molecule has 1 saturated heterocycles. The maximum Gasteiger partial charge on any atom is 0.232 e.